The molecule has 1 amide bonds. The van der Waals surface area contributed by atoms with Gasteiger partial charge in [0.15, 0.2) is 11.5 Å². The molecular formula is C30H30FN7O2. The Bertz CT molecular complexity index is 1650. The van der Waals surface area contributed by atoms with Crippen LogP contribution in [-0.4, -0.2) is 56.1 Å². The number of likely N-dealkylation sites (tertiary alicyclic amines) is 1. The molecule has 3 aromatic heterocycles. The Morgan fingerprint density at radius 2 is 2.02 bits per heavy atom. The van der Waals surface area contributed by atoms with Gasteiger partial charge in [0.2, 0.25) is 5.91 Å². The highest BCUT2D eigenvalue weighted by Gasteiger charge is 2.40. The topological polar surface area (TPSA) is 87.9 Å². The second kappa shape index (κ2) is 10.1. The van der Waals surface area contributed by atoms with Crippen LogP contribution in [0.25, 0.3) is 11.3 Å². The van der Waals surface area contributed by atoms with Gasteiger partial charge in [-0.1, -0.05) is 19.2 Å². The SMILES string of the molecule is C=CC(=O)N1C[C@H]2C[C@@H]1CN(c1ccc(C)c(C(=C)Nc3ccc(Oc4ccn5ncnc5c4)c(C)c3F)n1)C2. The molecule has 2 atom stereocenters. The van der Waals surface area contributed by atoms with E-state index in [1.165, 1.54) is 12.4 Å². The van der Waals surface area contributed by atoms with E-state index in [2.05, 4.69) is 33.5 Å². The van der Waals surface area contributed by atoms with Crippen molar-refractivity contribution in [2.45, 2.75) is 26.3 Å². The molecule has 1 N–H and O–H groups in total. The predicted molar refractivity (Wildman–Crippen MR) is 152 cm³/mol. The van der Waals surface area contributed by atoms with E-state index in [0.717, 1.165) is 30.9 Å². The molecule has 0 radical (unpaired) electrons. The number of rotatable bonds is 7. The van der Waals surface area contributed by atoms with Crippen molar-refractivity contribution in [1.29, 1.82) is 0 Å². The monoisotopic (exact) mass is 539 g/mol. The number of aromatic nitrogens is 4. The molecule has 0 saturated carbocycles. The normalized spacial score (nSPS) is 18.2. The maximum Gasteiger partial charge on any atom is 0.246 e. The lowest BCUT2D eigenvalue weighted by molar-refractivity contribution is -0.126. The van der Waals surface area contributed by atoms with Gasteiger partial charge in [-0.3, -0.25) is 4.79 Å². The van der Waals surface area contributed by atoms with Crippen LogP contribution in [0.5, 0.6) is 11.5 Å². The van der Waals surface area contributed by atoms with Crippen LogP contribution in [0.1, 0.15) is 23.2 Å². The van der Waals surface area contributed by atoms with Gasteiger partial charge in [-0.15, -0.1) is 0 Å². The van der Waals surface area contributed by atoms with Crippen LogP contribution in [0.4, 0.5) is 15.9 Å². The third kappa shape index (κ3) is 4.66. The Balaban J connectivity index is 1.18. The lowest BCUT2D eigenvalue weighted by Crippen LogP contribution is -2.44. The molecule has 2 fully saturated rings. The molecule has 6 rings (SSSR count). The van der Waals surface area contributed by atoms with Crippen LogP contribution in [0, 0.1) is 25.6 Å². The largest absolute Gasteiger partial charge is 0.457 e. The van der Waals surface area contributed by atoms with E-state index in [0.29, 0.717) is 46.6 Å². The first-order chi connectivity index (χ1) is 19.3. The molecule has 2 bridgehead atoms. The van der Waals surface area contributed by atoms with Crippen LogP contribution in [0.2, 0.25) is 0 Å². The quantitative estimate of drug-likeness (QED) is 0.332. The van der Waals surface area contributed by atoms with Crippen molar-refractivity contribution in [2.75, 3.05) is 29.9 Å². The summed E-state index contributed by atoms with van der Waals surface area (Å²) in [4.78, 5) is 25.5. The molecule has 10 heteroatoms. The lowest BCUT2D eigenvalue weighted by Gasteiger charge is -2.33. The van der Waals surface area contributed by atoms with E-state index in [1.54, 1.807) is 41.9 Å². The fraction of sp³-hybridized carbons (Fsp3) is 0.267. The van der Waals surface area contributed by atoms with Gasteiger partial charge in [-0.2, -0.15) is 5.10 Å². The van der Waals surface area contributed by atoms with Crippen LogP contribution in [-0.2, 0) is 4.79 Å². The molecule has 1 aromatic carbocycles. The minimum absolute atomic E-state index is 0.0189. The van der Waals surface area contributed by atoms with E-state index in [4.69, 9.17) is 9.72 Å². The molecule has 9 nitrogen and oxygen atoms in total. The van der Waals surface area contributed by atoms with Crippen LogP contribution in [0.3, 0.4) is 0 Å². The fourth-order valence-electron chi connectivity index (χ4n) is 5.62. The van der Waals surface area contributed by atoms with E-state index >= 15 is 4.39 Å². The average Bonchev–Trinajstić information content (AvgIpc) is 3.55. The number of aryl methyl sites for hydroxylation is 1. The Hall–Kier alpha value is -4.73. The number of carbonyl (C=O) groups excluding carboxylic acids is 1. The van der Waals surface area contributed by atoms with Gasteiger partial charge in [0.25, 0.3) is 0 Å². The predicted octanol–water partition coefficient (Wildman–Crippen LogP) is 4.98. The zero-order chi connectivity index (χ0) is 28.0. The van der Waals surface area contributed by atoms with Crippen LogP contribution in [0.15, 0.2) is 68.2 Å². The number of carbonyl (C=O) groups is 1. The number of nitrogens with one attached hydrogen (secondary N) is 1. The smallest absolute Gasteiger partial charge is 0.246 e. The standard InChI is InChI=1S/C30H30FN7O2/c1-5-28(39)37-15-21-12-22(37)16-36(14-21)26-9-6-18(2)30(35-26)20(4)34-24-7-8-25(19(3)29(24)31)40-23-10-11-38-27(13-23)32-17-33-38/h5-11,13,17,21-22,34H,1,4,12,14-16H2,2-3H3/t21-,22+/m0/s1. The molecule has 204 valence electrons. The summed E-state index contributed by atoms with van der Waals surface area (Å²) in [5, 5.41) is 7.19. The summed E-state index contributed by atoms with van der Waals surface area (Å²) in [5.41, 5.74) is 3.35. The summed E-state index contributed by atoms with van der Waals surface area (Å²) in [6.07, 6.45) is 5.58. The number of fused-ring (bicyclic) bond motifs is 3. The molecule has 0 unspecified atom stereocenters. The van der Waals surface area contributed by atoms with Gasteiger partial charge in [-0.05, 0) is 62.1 Å². The Morgan fingerprint density at radius 1 is 1.18 bits per heavy atom. The fourth-order valence-corrected chi connectivity index (χ4v) is 5.62. The number of benzene rings is 1. The highest BCUT2D eigenvalue weighted by Crippen LogP contribution is 2.34. The Morgan fingerprint density at radius 3 is 2.85 bits per heavy atom. The van der Waals surface area contributed by atoms with E-state index in [1.807, 2.05) is 24.0 Å². The number of piperidine rings is 1. The van der Waals surface area contributed by atoms with Gasteiger partial charge >= 0.3 is 0 Å². The molecule has 2 saturated heterocycles. The van der Waals surface area contributed by atoms with E-state index in [-0.39, 0.29) is 17.6 Å². The van der Waals surface area contributed by atoms with Crippen LogP contribution < -0.4 is 15.0 Å². The van der Waals surface area contributed by atoms with Gasteiger partial charge in [0, 0.05) is 43.5 Å². The first kappa shape index (κ1) is 25.5. The zero-order valence-corrected chi connectivity index (χ0v) is 22.5. The van der Waals surface area contributed by atoms with Crippen molar-refractivity contribution in [3.8, 4) is 11.5 Å². The first-order valence-electron chi connectivity index (χ1n) is 13.2. The third-order valence-electron chi connectivity index (χ3n) is 7.66. The maximum atomic E-state index is 15.5. The van der Waals surface area contributed by atoms with E-state index in [9.17, 15) is 4.79 Å². The summed E-state index contributed by atoms with van der Waals surface area (Å²) >= 11 is 0. The van der Waals surface area contributed by atoms with Crippen molar-refractivity contribution in [2.24, 2.45) is 5.92 Å². The summed E-state index contributed by atoms with van der Waals surface area (Å²) in [7, 11) is 0. The summed E-state index contributed by atoms with van der Waals surface area (Å²) in [5.74, 6) is 1.69. The number of pyridine rings is 2. The summed E-state index contributed by atoms with van der Waals surface area (Å²) in [6.45, 7) is 13.7. The first-order valence-corrected chi connectivity index (χ1v) is 13.2. The Labute approximate surface area is 231 Å². The molecule has 2 aliphatic heterocycles. The van der Waals surface area contributed by atoms with Crippen molar-refractivity contribution in [1.82, 2.24) is 24.5 Å². The molecule has 4 aromatic rings. The van der Waals surface area contributed by atoms with Crippen molar-refractivity contribution in [3.05, 3.63) is 90.8 Å². The second-order valence-corrected chi connectivity index (χ2v) is 10.4. The van der Waals surface area contributed by atoms with Crippen molar-refractivity contribution >= 4 is 28.8 Å². The Kier molecular flexibility index (Phi) is 6.45. The molecule has 40 heavy (non-hydrogen) atoms. The number of halogens is 1. The lowest BCUT2D eigenvalue weighted by atomic mass is 10.00. The van der Waals surface area contributed by atoms with Crippen LogP contribution >= 0.6 is 0 Å². The minimum Gasteiger partial charge on any atom is -0.457 e. The minimum atomic E-state index is -0.435. The number of amides is 1. The van der Waals surface area contributed by atoms with E-state index < -0.39 is 5.82 Å². The molecule has 2 aliphatic rings. The number of nitrogens with zero attached hydrogens (tertiary/aromatic N) is 6. The molecule has 0 spiro atoms. The highest BCUT2D eigenvalue weighted by atomic mass is 19.1. The van der Waals surface area contributed by atoms with Gasteiger partial charge in [0.1, 0.15) is 23.6 Å². The molecule has 0 aliphatic carbocycles. The second-order valence-electron chi connectivity index (χ2n) is 10.4. The van der Waals surface area contributed by atoms with Crippen molar-refractivity contribution in [3.63, 3.8) is 0 Å². The van der Waals surface area contributed by atoms with Gasteiger partial charge in [0.05, 0.1) is 17.1 Å². The van der Waals surface area contributed by atoms with Crippen molar-refractivity contribution < 1.29 is 13.9 Å². The zero-order valence-electron chi connectivity index (χ0n) is 22.5. The number of hydrogen-bond acceptors (Lipinski definition) is 7. The maximum absolute atomic E-state index is 15.5. The summed E-state index contributed by atoms with van der Waals surface area (Å²) in [6, 6.07) is 11.0. The highest BCUT2D eigenvalue weighted by molar-refractivity contribution is 5.87. The number of hydrogen-bond donors (Lipinski definition) is 1. The number of anilines is 2. The summed E-state index contributed by atoms with van der Waals surface area (Å²) < 4.78 is 23.0. The van der Waals surface area contributed by atoms with Gasteiger partial charge < -0.3 is 19.9 Å². The number of ether oxygens (including phenoxy) is 1. The molecule has 5 heterocycles. The molecular weight excluding hydrogens is 509 g/mol. The van der Waals surface area contributed by atoms with Gasteiger partial charge in [-0.25, -0.2) is 18.9 Å². The third-order valence-corrected chi connectivity index (χ3v) is 7.66. The average molecular weight is 540 g/mol.